The molecule has 1 saturated heterocycles. The number of hydrogen-bond acceptors (Lipinski definition) is 3. The highest BCUT2D eigenvalue weighted by atomic mass is 16.2. The van der Waals surface area contributed by atoms with Crippen molar-refractivity contribution < 1.29 is 4.79 Å². The minimum atomic E-state index is -0.160. The van der Waals surface area contributed by atoms with Crippen LogP contribution in [-0.4, -0.2) is 48.1 Å². The maximum atomic E-state index is 12.4. The minimum Gasteiger partial charge on any atom is -0.327 e. The van der Waals surface area contributed by atoms with Gasteiger partial charge in [0, 0.05) is 19.1 Å². The highest BCUT2D eigenvalue weighted by Crippen LogP contribution is 2.26. The topological polar surface area (TPSA) is 35.6 Å². The van der Waals surface area contributed by atoms with Gasteiger partial charge < -0.3 is 4.90 Å². The van der Waals surface area contributed by atoms with E-state index >= 15 is 0 Å². The molecule has 0 bridgehead atoms. The molecular formula is C16H23N3O. The van der Waals surface area contributed by atoms with Crippen molar-refractivity contribution in [1.29, 1.82) is 0 Å². The van der Waals surface area contributed by atoms with Gasteiger partial charge in [-0.25, -0.2) is 0 Å². The summed E-state index contributed by atoms with van der Waals surface area (Å²) in [5.41, 5.74) is 1.06. The van der Waals surface area contributed by atoms with E-state index in [9.17, 15) is 4.79 Å². The Hall–Kier alpha value is -1.39. The fourth-order valence-corrected chi connectivity index (χ4v) is 2.93. The fourth-order valence-electron chi connectivity index (χ4n) is 2.93. The number of carbonyl (C=O) groups is 1. The van der Waals surface area contributed by atoms with Crippen LogP contribution < -0.4 is 5.32 Å². The molecule has 0 radical (unpaired) electrons. The van der Waals surface area contributed by atoms with Crippen LogP contribution in [0.2, 0.25) is 0 Å². The lowest BCUT2D eigenvalue weighted by atomic mass is 10.1. The van der Waals surface area contributed by atoms with E-state index < -0.39 is 0 Å². The maximum absolute atomic E-state index is 12.4. The lowest BCUT2D eigenvalue weighted by molar-refractivity contribution is -0.129. The molecule has 1 saturated carbocycles. The van der Waals surface area contributed by atoms with Gasteiger partial charge in [0.05, 0.1) is 6.67 Å². The molecule has 2 fully saturated rings. The maximum Gasteiger partial charge on any atom is 0.245 e. The third-order valence-corrected chi connectivity index (χ3v) is 4.30. The Bertz CT molecular complexity index is 458. The Labute approximate surface area is 120 Å². The van der Waals surface area contributed by atoms with Crippen molar-refractivity contribution in [3.05, 3.63) is 35.9 Å². The molecule has 4 nitrogen and oxygen atoms in total. The second-order valence-corrected chi connectivity index (χ2v) is 5.67. The van der Waals surface area contributed by atoms with Crippen LogP contribution in [0.4, 0.5) is 0 Å². The Morgan fingerprint density at radius 1 is 1.30 bits per heavy atom. The lowest BCUT2D eigenvalue weighted by Crippen LogP contribution is -2.37. The minimum absolute atomic E-state index is 0.160. The average molecular weight is 273 g/mol. The summed E-state index contributed by atoms with van der Waals surface area (Å²) >= 11 is 0. The van der Waals surface area contributed by atoms with Gasteiger partial charge in [-0.3, -0.25) is 15.0 Å². The molecule has 4 heteroatoms. The molecule has 2 aliphatic rings. The number of hydrogen-bond donors (Lipinski definition) is 1. The van der Waals surface area contributed by atoms with Crippen molar-refractivity contribution in [2.45, 2.75) is 31.8 Å². The van der Waals surface area contributed by atoms with E-state index in [-0.39, 0.29) is 11.9 Å². The summed E-state index contributed by atoms with van der Waals surface area (Å²) in [4.78, 5) is 16.9. The number of rotatable bonds is 6. The Balaban J connectivity index is 1.56. The number of nitrogens with one attached hydrogen (secondary N) is 1. The molecule has 1 unspecified atom stereocenters. The summed E-state index contributed by atoms with van der Waals surface area (Å²) in [6, 6.07) is 10.6. The molecule has 108 valence electrons. The van der Waals surface area contributed by atoms with Crippen LogP contribution in [0.3, 0.4) is 0 Å². The number of carbonyl (C=O) groups excluding carboxylic acids is 1. The van der Waals surface area contributed by atoms with Crippen molar-refractivity contribution in [2.75, 3.05) is 26.3 Å². The SMILES string of the molecule is CCN(CCN1CNC(c2ccccc2)C1=O)C1CC1. The normalized spacial score (nSPS) is 22.8. The van der Waals surface area contributed by atoms with Crippen LogP contribution in [0.5, 0.6) is 0 Å². The zero-order chi connectivity index (χ0) is 13.9. The number of amides is 1. The van der Waals surface area contributed by atoms with E-state index in [0.717, 1.165) is 31.2 Å². The molecule has 20 heavy (non-hydrogen) atoms. The van der Waals surface area contributed by atoms with Gasteiger partial charge in [0.1, 0.15) is 6.04 Å². The largest absolute Gasteiger partial charge is 0.327 e. The molecule has 3 rings (SSSR count). The number of nitrogens with zero attached hydrogens (tertiary/aromatic N) is 2. The third-order valence-electron chi connectivity index (χ3n) is 4.30. The molecule has 1 amide bonds. The summed E-state index contributed by atoms with van der Waals surface area (Å²) < 4.78 is 0. The van der Waals surface area contributed by atoms with E-state index in [4.69, 9.17) is 0 Å². The summed E-state index contributed by atoms with van der Waals surface area (Å²) in [6.07, 6.45) is 2.65. The smallest absolute Gasteiger partial charge is 0.245 e. The molecule has 0 spiro atoms. The van der Waals surface area contributed by atoms with Gasteiger partial charge in [0.25, 0.3) is 0 Å². The first-order valence-electron chi connectivity index (χ1n) is 7.60. The van der Waals surface area contributed by atoms with E-state index in [1.165, 1.54) is 12.8 Å². The first-order valence-corrected chi connectivity index (χ1v) is 7.60. The van der Waals surface area contributed by atoms with Crippen LogP contribution in [0, 0.1) is 0 Å². The highest BCUT2D eigenvalue weighted by Gasteiger charge is 2.33. The summed E-state index contributed by atoms with van der Waals surface area (Å²) in [6.45, 7) is 5.79. The van der Waals surface area contributed by atoms with Gasteiger partial charge >= 0.3 is 0 Å². The average Bonchev–Trinajstić information content (AvgIpc) is 3.25. The van der Waals surface area contributed by atoms with Crippen LogP contribution in [0.25, 0.3) is 0 Å². The molecule has 1 aromatic rings. The van der Waals surface area contributed by atoms with Gasteiger partial charge in [-0.2, -0.15) is 0 Å². The molecule has 1 atom stereocenters. The quantitative estimate of drug-likeness (QED) is 0.855. The Morgan fingerprint density at radius 3 is 2.70 bits per heavy atom. The second kappa shape index (κ2) is 5.94. The van der Waals surface area contributed by atoms with E-state index in [1.807, 2.05) is 35.2 Å². The molecule has 1 heterocycles. The van der Waals surface area contributed by atoms with Gasteiger partial charge in [-0.15, -0.1) is 0 Å². The van der Waals surface area contributed by atoms with Crippen molar-refractivity contribution in [1.82, 2.24) is 15.1 Å². The summed E-state index contributed by atoms with van der Waals surface area (Å²) in [5.74, 6) is 0.211. The van der Waals surface area contributed by atoms with Crippen molar-refractivity contribution >= 4 is 5.91 Å². The van der Waals surface area contributed by atoms with Gasteiger partial charge in [-0.05, 0) is 24.9 Å². The first kappa shape index (κ1) is 13.6. The zero-order valence-electron chi connectivity index (χ0n) is 12.1. The summed E-state index contributed by atoms with van der Waals surface area (Å²) in [7, 11) is 0. The molecule has 1 aliphatic heterocycles. The Kier molecular flexibility index (Phi) is 4.03. The molecule has 1 aliphatic carbocycles. The van der Waals surface area contributed by atoms with Crippen LogP contribution in [0.1, 0.15) is 31.4 Å². The highest BCUT2D eigenvalue weighted by molar-refractivity contribution is 5.85. The monoisotopic (exact) mass is 273 g/mol. The number of likely N-dealkylation sites (N-methyl/N-ethyl adjacent to an activating group) is 1. The van der Waals surface area contributed by atoms with Crippen LogP contribution in [0.15, 0.2) is 30.3 Å². The predicted octanol–water partition coefficient (Wildman–Crippen LogP) is 1.60. The predicted molar refractivity (Wildman–Crippen MR) is 79.2 cm³/mol. The lowest BCUT2D eigenvalue weighted by Gasteiger charge is -2.23. The molecule has 0 aromatic heterocycles. The molecule has 1 aromatic carbocycles. The standard InChI is InChI=1S/C16H23N3O/c1-2-18(14-8-9-14)10-11-19-12-17-15(16(19)20)13-6-4-3-5-7-13/h3-7,14-15,17H,2,8-12H2,1H3. The number of benzene rings is 1. The van der Waals surface area contributed by atoms with Crippen LogP contribution in [-0.2, 0) is 4.79 Å². The summed E-state index contributed by atoms with van der Waals surface area (Å²) in [5, 5.41) is 3.32. The van der Waals surface area contributed by atoms with E-state index in [0.29, 0.717) is 6.67 Å². The van der Waals surface area contributed by atoms with Crippen molar-refractivity contribution in [3.63, 3.8) is 0 Å². The van der Waals surface area contributed by atoms with Gasteiger partial charge in [0.2, 0.25) is 5.91 Å². The van der Waals surface area contributed by atoms with Gasteiger partial charge in [0.15, 0.2) is 0 Å². The Morgan fingerprint density at radius 2 is 2.05 bits per heavy atom. The molecular weight excluding hydrogens is 250 g/mol. The van der Waals surface area contributed by atoms with Crippen molar-refractivity contribution in [2.24, 2.45) is 0 Å². The third kappa shape index (κ3) is 2.86. The second-order valence-electron chi connectivity index (χ2n) is 5.67. The zero-order valence-corrected chi connectivity index (χ0v) is 12.1. The molecule has 1 N–H and O–H groups in total. The van der Waals surface area contributed by atoms with Crippen LogP contribution >= 0.6 is 0 Å². The fraction of sp³-hybridized carbons (Fsp3) is 0.562. The van der Waals surface area contributed by atoms with E-state index in [2.05, 4.69) is 17.1 Å². The van der Waals surface area contributed by atoms with E-state index in [1.54, 1.807) is 0 Å². The van der Waals surface area contributed by atoms with Gasteiger partial charge in [-0.1, -0.05) is 37.3 Å². The first-order chi connectivity index (χ1) is 9.79. The van der Waals surface area contributed by atoms with Crippen molar-refractivity contribution in [3.8, 4) is 0 Å².